The van der Waals surface area contributed by atoms with Crippen molar-refractivity contribution >= 4 is 21.6 Å². The fourth-order valence-corrected chi connectivity index (χ4v) is 4.00. The van der Waals surface area contributed by atoms with Crippen molar-refractivity contribution in [2.45, 2.75) is 19.4 Å². The topological polar surface area (TPSA) is 9.23 Å². The van der Waals surface area contributed by atoms with E-state index in [1.165, 1.54) is 17.9 Å². The van der Waals surface area contributed by atoms with Crippen LogP contribution in [0, 0.1) is 5.92 Å². The quantitative estimate of drug-likeness (QED) is 0.601. The van der Waals surface area contributed by atoms with Crippen LogP contribution in [0.2, 0.25) is 0 Å². The molecular formula is C7H14OS2. The molecule has 0 unspecified atom stereocenters. The molecule has 60 valence electrons. The Morgan fingerprint density at radius 2 is 2.10 bits per heavy atom. The second-order valence-electron chi connectivity index (χ2n) is 2.51. The van der Waals surface area contributed by atoms with E-state index in [1.807, 2.05) is 28.7 Å². The number of hydrogen-bond acceptors (Lipinski definition) is 3. The van der Waals surface area contributed by atoms with E-state index in [0.717, 1.165) is 5.92 Å². The molecule has 2 atom stereocenters. The van der Waals surface area contributed by atoms with Crippen LogP contribution in [-0.4, -0.2) is 24.7 Å². The largest absolute Gasteiger partial charge is 0.380 e. The van der Waals surface area contributed by atoms with Crippen LogP contribution in [0.15, 0.2) is 0 Å². The number of hydrogen-bond donors (Lipinski definition) is 0. The third kappa shape index (κ3) is 2.07. The summed E-state index contributed by atoms with van der Waals surface area (Å²) in [4.78, 5) is 0. The van der Waals surface area contributed by atoms with E-state index in [1.54, 1.807) is 0 Å². The van der Waals surface area contributed by atoms with Crippen LogP contribution in [0.5, 0.6) is 0 Å². The lowest BCUT2D eigenvalue weighted by Gasteiger charge is -2.28. The van der Waals surface area contributed by atoms with Crippen molar-refractivity contribution < 1.29 is 4.74 Å². The number of ether oxygens (including phenoxy) is 1. The third-order valence-corrected chi connectivity index (χ3v) is 4.46. The van der Waals surface area contributed by atoms with Crippen molar-refractivity contribution in [2.75, 3.05) is 18.6 Å². The van der Waals surface area contributed by atoms with Gasteiger partial charge in [-0.25, -0.2) is 0 Å². The highest BCUT2D eigenvalue weighted by molar-refractivity contribution is 8.76. The van der Waals surface area contributed by atoms with Crippen molar-refractivity contribution in [2.24, 2.45) is 5.92 Å². The summed E-state index contributed by atoms with van der Waals surface area (Å²) in [6.07, 6.45) is 1.77. The van der Waals surface area contributed by atoms with Gasteiger partial charge in [-0.1, -0.05) is 28.5 Å². The van der Waals surface area contributed by atoms with Gasteiger partial charge in [-0.2, -0.15) is 0 Å². The molecular weight excluding hydrogens is 164 g/mol. The van der Waals surface area contributed by atoms with Gasteiger partial charge in [0.2, 0.25) is 0 Å². The zero-order chi connectivity index (χ0) is 7.40. The summed E-state index contributed by atoms with van der Waals surface area (Å²) in [5.41, 5.74) is 0. The maximum Gasteiger partial charge on any atom is 0.0706 e. The molecule has 1 heterocycles. The predicted octanol–water partition coefficient (Wildman–Crippen LogP) is 2.42. The van der Waals surface area contributed by atoms with Crippen LogP contribution in [0.3, 0.4) is 0 Å². The molecule has 3 heteroatoms. The van der Waals surface area contributed by atoms with E-state index >= 15 is 0 Å². The molecule has 0 N–H and O–H groups in total. The summed E-state index contributed by atoms with van der Waals surface area (Å²) in [7, 11) is 5.75. The molecule has 1 aliphatic heterocycles. The summed E-state index contributed by atoms with van der Waals surface area (Å²) < 4.78 is 5.36. The first-order valence-electron chi connectivity index (χ1n) is 3.65. The first-order valence-corrected chi connectivity index (χ1v) is 6.14. The van der Waals surface area contributed by atoms with Gasteiger partial charge < -0.3 is 4.74 Å². The van der Waals surface area contributed by atoms with Crippen LogP contribution >= 0.6 is 21.6 Å². The number of rotatable bonds is 2. The SMILES string of the molecule is CC[C@H]1CSSC[C@@H]1OC. The first kappa shape index (κ1) is 8.75. The molecule has 0 amide bonds. The van der Waals surface area contributed by atoms with Crippen LogP contribution in [0.25, 0.3) is 0 Å². The van der Waals surface area contributed by atoms with E-state index in [9.17, 15) is 0 Å². The van der Waals surface area contributed by atoms with Gasteiger partial charge in [-0.15, -0.1) is 0 Å². The molecule has 0 bridgehead atoms. The highest BCUT2D eigenvalue weighted by Gasteiger charge is 2.23. The Kier molecular flexibility index (Phi) is 3.96. The van der Waals surface area contributed by atoms with Crippen molar-refractivity contribution in [1.29, 1.82) is 0 Å². The molecule has 0 aromatic rings. The highest BCUT2D eigenvalue weighted by Crippen LogP contribution is 2.35. The van der Waals surface area contributed by atoms with E-state index in [-0.39, 0.29) is 0 Å². The summed E-state index contributed by atoms with van der Waals surface area (Å²) in [6, 6.07) is 0. The van der Waals surface area contributed by atoms with Crippen molar-refractivity contribution in [3.05, 3.63) is 0 Å². The zero-order valence-electron chi connectivity index (χ0n) is 6.50. The van der Waals surface area contributed by atoms with E-state index in [2.05, 4.69) is 6.92 Å². The van der Waals surface area contributed by atoms with Crippen LogP contribution < -0.4 is 0 Å². The molecule has 0 spiro atoms. The molecule has 0 aromatic heterocycles. The Hall–Kier alpha value is 0.660. The van der Waals surface area contributed by atoms with Crippen LogP contribution in [-0.2, 0) is 4.74 Å². The Balaban J connectivity index is 2.34. The average Bonchev–Trinajstić information content (AvgIpc) is 2.04. The van der Waals surface area contributed by atoms with Crippen LogP contribution in [0.4, 0.5) is 0 Å². The Bertz CT molecular complexity index is 85.6. The summed E-state index contributed by atoms with van der Waals surface area (Å²) in [5, 5.41) is 0. The van der Waals surface area contributed by atoms with Crippen molar-refractivity contribution in [3.63, 3.8) is 0 Å². The van der Waals surface area contributed by atoms with E-state index < -0.39 is 0 Å². The van der Waals surface area contributed by atoms with Gasteiger partial charge in [0.05, 0.1) is 6.10 Å². The molecule has 1 nitrogen and oxygen atoms in total. The molecule has 1 fully saturated rings. The first-order chi connectivity index (χ1) is 4.88. The minimum absolute atomic E-state index is 0.510. The Labute approximate surface area is 70.7 Å². The second-order valence-corrected chi connectivity index (χ2v) is 5.06. The second kappa shape index (κ2) is 4.52. The standard InChI is InChI=1S/C7H14OS2/c1-3-6-4-9-10-5-7(6)8-2/h6-7H,3-5H2,1-2H3/t6-,7-/m0/s1. The predicted molar refractivity (Wildman–Crippen MR) is 49.5 cm³/mol. The minimum atomic E-state index is 0.510. The fourth-order valence-electron chi connectivity index (χ4n) is 1.14. The monoisotopic (exact) mass is 178 g/mol. The summed E-state index contributed by atoms with van der Waals surface area (Å²) in [6.45, 7) is 2.24. The molecule has 1 rings (SSSR count). The molecule has 0 aliphatic carbocycles. The van der Waals surface area contributed by atoms with Gasteiger partial charge in [-0.05, 0) is 12.3 Å². The lowest BCUT2D eigenvalue weighted by Crippen LogP contribution is -2.29. The zero-order valence-corrected chi connectivity index (χ0v) is 8.13. The van der Waals surface area contributed by atoms with Gasteiger partial charge in [0.1, 0.15) is 0 Å². The Morgan fingerprint density at radius 3 is 2.60 bits per heavy atom. The lowest BCUT2D eigenvalue weighted by atomic mass is 10.0. The molecule has 1 saturated heterocycles. The smallest absolute Gasteiger partial charge is 0.0706 e. The van der Waals surface area contributed by atoms with E-state index in [4.69, 9.17) is 4.74 Å². The maximum atomic E-state index is 5.36. The fraction of sp³-hybridized carbons (Fsp3) is 1.00. The Morgan fingerprint density at radius 1 is 1.40 bits per heavy atom. The van der Waals surface area contributed by atoms with Gasteiger partial charge in [0, 0.05) is 18.6 Å². The highest BCUT2D eigenvalue weighted by atomic mass is 33.1. The number of methoxy groups -OCH3 is 1. The van der Waals surface area contributed by atoms with Crippen LogP contribution in [0.1, 0.15) is 13.3 Å². The molecule has 0 saturated carbocycles. The summed E-state index contributed by atoms with van der Waals surface area (Å²) in [5.74, 6) is 3.22. The van der Waals surface area contributed by atoms with Gasteiger partial charge in [0.25, 0.3) is 0 Å². The van der Waals surface area contributed by atoms with Crippen molar-refractivity contribution in [1.82, 2.24) is 0 Å². The minimum Gasteiger partial charge on any atom is -0.380 e. The maximum absolute atomic E-state index is 5.36. The van der Waals surface area contributed by atoms with Gasteiger partial charge in [0.15, 0.2) is 0 Å². The van der Waals surface area contributed by atoms with Crippen molar-refractivity contribution in [3.8, 4) is 0 Å². The summed E-state index contributed by atoms with van der Waals surface area (Å²) >= 11 is 0. The van der Waals surface area contributed by atoms with E-state index in [0.29, 0.717) is 6.10 Å². The molecule has 0 radical (unpaired) electrons. The van der Waals surface area contributed by atoms with Gasteiger partial charge >= 0.3 is 0 Å². The molecule has 0 aromatic carbocycles. The average molecular weight is 178 g/mol. The third-order valence-electron chi connectivity index (χ3n) is 1.95. The lowest BCUT2D eigenvalue weighted by molar-refractivity contribution is 0.0773. The normalized spacial score (nSPS) is 34.2. The molecule has 10 heavy (non-hydrogen) atoms. The molecule has 1 aliphatic rings. The van der Waals surface area contributed by atoms with Gasteiger partial charge in [-0.3, -0.25) is 0 Å².